The third-order valence-electron chi connectivity index (χ3n) is 5.06. The van der Waals surface area contributed by atoms with Crippen molar-refractivity contribution in [1.82, 2.24) is 5.32 Å². The molecule has 1 aliphatic rings. The number of carbonyl (C=O) groups excluding carboxylic acids is 1. The molecule has 0 aromatic heterocycles. The van der Waals surface area contributed by atoms with Crippen LogP contribution in [-0.2, 0) is 27.7 Å². The topological polar surface area (TPSA) is 66.5 Å². The van der Waals surface area contributed by atoms with E-state index in [-0.39, 0.29) is 23.5 Å². The number of amides is 1. The minimum atomic E-state index is -3.66. The molecule has 1 aliphatic carbocycles. The number of benzene rings is 2. The van der Waals surface area contributed by atoms with Gasteiger partial charge in [0.15, 0.2) is 0 Å². The second-order valence-corrected chi connectivity index (χ2v) is 9.56. The van der Waals surface area contributed by atoms with Crippen molar-refractivity contribution in [2.45, 2.75) is 38.6 Å². The van der Waals surface area contributed by atoms with Crippen molar-refractivity contribution in [3.05, 3.63) is 64.2 Å². The van der Waals surface area contributed by atoms with Gasteiger partial charge in [0.1, 0.15) is 6.54 Å². The zero-order chi connectivity index (χ0) is 20.3. The summed E-state index contributed by atoms with van der Waals surface area (Å²) in [6, 6.07) is 12.7. The molecule has 0 aliphatic heterocycles. The van der Waals surface area contributed by atoms with Crippen molar-refractivity contribution in [2.24, 2.45) is 0 Å². The van der Waals surface area contributed by atoms with E-state index >= 15 is 0 Å². The molecular weight excluding hydrogens is 396 g/mol. The quantitative estimate of drug-likeness (QED) is 0.771. The summed E-state index contributed by atoms with van der Waals surface area (Å²) in [6.07, 6.45) is 5.66. The highest BCUT2D eigenvalue weighted by Crippen LogP contribution is 2.27. The van der Waals surface area contributed by atoms with Crippen LogP contribution >= 0.6 is 11.6 Å². The minimum Gasteiger partial charge on any atom is -0.348 e. The lowest BCUT2D eigenvalue weighted by atomic mass is 9.89. The lowest BCUT2D eigenvalue weighted by Crippen LogP contribution is -2.41. The fourth-order valence-electron chi connectivity index (χ4n) is 3.56. The van der Waals surface area contributed by atoms with Crippen LogP contribution in [0.1, 0.15) is 42.5 Å². The summed E-state index contributed by atoms with van der Waals surface area (Å²) in [5, 5.41) is 3.19. The van der Waals surface area contributed by atoms with Crippen LogP contribution < -0.4 is 9.62 Å². The van der Waals surface area contributed by atoms with E-state index in [1.807, 2.05) is 13.0 Å². The summed E-state index contributed by atoms with van der Waals surface area (Å²) in [5.74, 6) is -0.379. The standard InChI is InChI=1S/C21H25ClN2O3S/c1-15(17-12-11-16-7-3-4-8-18(16)13-17)23-21(25)14-24(28(2,26)27)20-10-6-5-9-19(20)22/h5-6,9-13,15H,3-4,7-8,14H2,1-2H3,(H,23,25)/t15-/m0/s1. The van der Waals surface area contributed by atoms with Crippen LogP contribution in [0.4, 0.5) is 5.69 Å². The second-order valence-electron chi connectivity index (χ2n) is 7.25. The van der Waals surface area contributed by atoms with Crippen molar-refractivity contribution >= 4 is 33.2 Å². The maximum Gasteiger partial charge on any atom is 0.241 e. The van der Waals surface area contributed by atoms with E-state index in [9.17, 15) is 13.2 Å². The second kappa shape index (κ2) is 8.53. The smallest absolute Gasteiger partial charge is 0.241 e. The molecule has 0 bridgehead atoms. The molecule has 1 amide bonds. The number of para-hydroxylation sites is 1. The van der Waals surface area contributed by atoms with Gasteiger partial charge in [-0.2, -0.15) is 0 Å². The van der Waals surface area contributed by atoms with Gasteiger partial charge in [-0.1, -0.05) is 41.9 Å². The highest BCUT2D eigenvalue weighted by Gasteiger charge is 2.24. The number of nitrogens with zero attached hydrogens (tertiary/aromatic N) is 1. The molecular formula is C21H25ClN2O3S. The Bertz CT molecular complexity index is 975. The minimum absolute atomic E-state index is 0.215. The van der Waals surface area contributed by atoms with Crippen LogP contribution in [0.2, 0.25) is 5.02 Å². The Balaban J connectivity index is 1.73. The van der Waals surface area contributed by atoms with Gasteiger partial charge >= 0.3 is 0 Å². The number of fused-ring (bicyclic) bond motifs is 1. The summed E-state index contributed by atoms with van der Waals surface area (Å²) >= 11 is 6.14. The van der Waals surface area contributed by atoms with Crippen LogP contribution in [0.25, 0.3) is 0 Å². The lowest BCUT2D eigenvalue weighted by Gasteiger charge is -2.24. The van der Waals surface area contributed by atoms with E-state index < -0.39 is 10.0 Å². The number of aryl methyl sites for hydroxylation is 2. The third kappa shape index (κ3) is 4.86. The van der Waals surface area contributed by atoms with Crippen LogP contribution in [-0.4, -0.2) is 27.1 Å². The van der Waals surface area contributed by atoms with Crippen LogP contribution in [0, 0.1) is 0 Å². The van der Waals surface area contributed by atoms with Crippen molar-refractivity contribution in [3.8, 4) is 0 Å². The number of carbonyl (C=O) groups is 1. The van der Waals surface area contributed by atoms with Crippen LogP contribution in [0.5, 0.6) is 0 Å². The molecule has 0 heterocycles. The zero-order valence-electron chi connectivity index (χ0n) is 16.1. The first-order chi connectivity index (χ1) is 13.3. The molecule has 1 N–H and O–H groups in total. The summed E-state index contributed by atoms with van der Waals surface area (Å²) in [4.78, 5) is 12.6. The Hall–Kier alpha value is -2.05. The van der Waals surface area contributed by atoms with E-state index in [0.717, 1.165) is 29.0 Å². The summed E-state index contributed by atoms with van der Waals surface area (Å²) in [6.45, 7) is 1.58. The fourth-order valence-corrected chi connectivity index (χ4v) is 4.71. The first-order valence-corrected chi connectivity index (χ1v) is 11.6. The van der Waals surface area contributed by atoms with Crippen molar-refractivity contribution in [3.63, 3.8) is 0 Å². The molecule has 0 fully saturated rings. The Labute approximate surface area is 171 Å². The summed E-state index contributed by atoms with van der Waals surface area (Å²) in [5.41, 5.74) is 4.05. The van der Waals surface area contributed by atoms with Crippen molar-refractivity contribution in [2.75, 3.05) is 17.1 Å². The van der Waals surface area contributed by atoms with E-state index in [0.29, 0.717) is 5.69 Å². The van der Waals surface area contributed by atoms with E-state index in [1.54, 1.807) is 24.3 Å². The largest absolute Gasteiger partial charge is 0.348 e. The van der Waals surface area contributed by atoms with Crippen molar-refractivity contribution in [1.29, 1.82) is 0 Å². The predicted octanol–water partition coefficient (Wildman–Crippen LogP) is 3.86. The average Bonchev–Trinajstić information content (AvgIpc) is 2.65. The first kappa shape index (κ1) is 20.7. The molecule has 5 nitrogen and oxygen atoms in total. The van der Waals surface area contributed by atoms with Gasteiger partial charge in [0.25, 0.3) is 0 Å². The van der Waals surface area contributed by atoms with Gasteiger partial charge in [0, 0.05) is 0 Å². The highest BCUT2D eigenvalue weighted by atomic mass is 35.5. The zero-order valence-corrected chi connectivity index (χ0v) is 17.7. The number of nitrogens with one attached hydrogen (secondary N) is 1. The van der Waals surface area contributed by atoms with Gasteiger partial charge in [-0.25, -0.2) is 8.42 Å². The number of hydrogen-bond donors (Lipinski definition) is 1. The Morgan fingerprint density at radius 2 is 1.82 bits per heavy atom. The fraction of sp³-hybridized carbons (Fsp3) is 0.381. The average molecular weight is 421 g/mol. The summed E-state index contributed by atoms with van der Waals surface area (Å²) < 4.78 is 25.5. The Kier molecular flexibility index (Phi) is 6.30. The normalized spacial score (nSPS) is 14.8. The van der Waals surface area contributed by atoms with Crippen molar-refractivity contribution < 1.29 is 13.2 Å². The molecule has 0 unspecified atom stereocenters. The first-order valence-electron chi connectivity index (χ1n) is 9.39. The Morgan fingerprint density at radius 1 is 1.14 bits per heavy atom. The van der Waals surface area contributed by atoms with E-state index in [1.165, 1.54) is 24.0 Å². The molecule has 150 valence electrons. The molecule has 2 aromatic carbocycles. The number of sulfonamides is 1. The molecule has 0 radical (unpaired) electrons. The molecule has 2 aromatic rings. The van der Waals surface area contributed by atoms with E-state index in [4.69, 9.17) is 11.6 Å². The maximum absolute atomic E-state index is 12.6. The number of hydrogen-bond acceptors (Lipinski definition) is 3. The lowest BCUT2D eigenvalue weighted by molar-refractivity contribution is -0.120. The van der Waals surface area contributed by atoms with Crippen LogP contribution in [0.15, 0.2) is 42.5 Å². The van der Waals surface area contributed by atoms with Gasteiger partial charge < -0.3 is 5.32 Å². The van der Waals surface area contributed by atoms with Gasteiger partial charge in [0.05, 0.1) is 23.0 Å². The highest BCUT2D eigenvalue weighted by molar-refractivity contribution is 7.92. The molecule has 7 heteroatoms. The number of anilines is 1. The van der Waals surface area contributed by atoms with Crippen LogP contribution in [0.3, 0.4) is 0 Å². The monoisotopic (exact) mass is 420 g/mol. The number of rotatable bonds is 6. The number of halogens is 1. The SMILES string of the molecule is C[C@H](NC(=O)CN(c1ccccc1Cl)S(C)(=O)=O)c1ccc2c(c1)CCCC2. The van der Waals surface area contributed by atoms with Gasteiger partial charge in [0.2, 0.25) is 15.9 Å². The summed E-state index contributed by atoms with van der Waals surface area (Å²) in [7, 11) is -3.66. The molecule has 1 atom stereocenters. The van der Waals surface area contributed by atoms with Gasteiger partial charge in [-0.3, -0.25) is 9.10 Å². The molecule has 0 spiro atoms. The molecule has 3 rings (SSSR count). The molecule has 28 heavy (non-hydrogen) atoms. The molecule has 0 saturated heterocycles. The predicted molar refractivity (Wildman–Crippen MR) is 113 cm³/mol. The van der Waals surface area contributed by atoms with E-state index in [2.05, 4.69) is 17.4 Å². The van der Waals surface area contributed by atoms with Gasteiger partial charge in [-0.05, 0) is 61.4 Å². The van der Waals surface area contributed by atoms with Gasteiger partial charge in [-0.15, -0.1) is 0 Å². The third-order valence-corrected chi connectivity index (χ3v) is 6.50. The molecule has 0 saturated carbocycles. The maximum atomic E-state index is 12.6. The Morgan fingerprint density at radius 3 is 2.50 bits per heavy atom.